The zero-order chi connectivity index (χ0) is 29.1. The van der Waals surface area contributed by atoms with Crippen LogP contribution in [0.1, 0.15) is 39.4 Å². The van der Waals surface area contributed by atoms with Gasteiger partial charge in [0.05, 0.1) is 47.1 Å². The maximum absolute atomic E-state index is 15.5. The van der Waals surface area contributed by atoms with Crippen LogP contribution in [0.4, 0.5) is 26.9 Å². The van der Waals surface area contributed by atoms with Crippen molar-refractivity contribution in [2.24, 2.45) is 7.05 Å². The average Bonchev–Trinajstić information content (AvgIpc) is 3.72. The van der Waals surface area contributed by atoms with Crippen LogP contribution in [0.3, 0.4) is 0 Å². The van der Waals surface area contributed by atoms with E-state index in [0.717, 1.165) is 5.69 Å². The van der Waals surface area contributed by atoms with Gasteiger partial charge >= 0.3 is 6.09 Å². The van der Waals surface area contributed by atoms with Gasteiger partial charge < -0.3 is 14.6 Å². The summed E-state index contributed by atoms with van der Waals surface area (Å²) in [6.07, 6.45) is 4.17. The summed E-state index contributed by atoms with van der Waals surface area (Å²) in [6, 6.07) is 4.82. The monoisotopic (exact) mass is 579 g/mol. The van der Waals surface area contributed by atoms with Crippen LogP contribution in [0.15, 0.2) is 36.8 Å². The number of imidazole rings is 1. The number of cyclic esters (lactones) is 1. The van der Waals surface area contributed by atoms with Gasteiger partial charge in [-0.3, -0.25) is 4.68 Å². The van der Waals surface area contributed by atoms with Crippen LogP contribution >= 0.6 is 11.6 Å². The number of carbonyl (C=O) groups excluding carboxylic acids is 1. The first-order chi connectivity index (χ1) is 19.5. The number of nitrogens with one attached hydrogen (secondary N) is 1. The van der Waals surface area contributed by atoms with Gasteiger partial charge in [-0.15, -0.1) is 0 Å². The summed E-state index contributed by atoms with van der Waals surface area (Å²) in [7, 11) is 1.79. The molecule has 1 fully saturated rings. The van der Waals surface area contributed by atoms with Crippen LogP contribution in [0.2, 0.25) is 5.02 Å². The Morgan fingerprint density at radius 3 is 2.59 bits per heavy atom. The van der Waals surface area contributed by atoms with Crippen LogP contribution in [-0.4, -0.2) is 63.5 Å². The lowest BCUT2D eigenvalue weighted by Crippen LogP contribution is -2.30. The number of amides is 1. The minimum Gasteiger partial charge on any atom is -0.447 e. The number of anilines is 3. The standard InChI is InChI=1S/C26H27ClFN11O2/c1-14(2)38-18-11-15(10-17(28)22(18)34-24(38)37-8-9-41-25(37)40)21-16(27)13-29-23(33-21)32-20-12-19(35-36(20)5)26(3,4)39-30-6-7-31-39/h6-7,10-14H,8-9H2,1-5H3,(H,29,32,33). The van der Waals surface area contributed by atoms with E-state index in [1.807, 2.05) is 33.8 Å². The first kappa shape index (κ1) is 26.6. The molecule has 13 nitrogen and oxygen atoms in total. The topological polar surface area (TPSA) is 134 Å². The highest BCUT2D eigenvalue weighted by Gasteiger charge is 2.31. The van der Waals surface area contributed by atoms with Gasteiger partial charge in [0.2, 0.25) is 11.9 Å². The predicted octanol–water partition coefficient (Wildman–Crippen LogP) is 4.68. The summed E-state index contributed by atoms with van der Waals surface area (Å²) < 4.78 is 24.0. The zero-order valence-corrected chi connectivity index (χ0v) is 23.8. The molecular formula is C26H27ClFN11O2. The largest absolute Gasteiger partial charge is 0.447 e. The molecule has 0 atom stereocenters. The van der Waals surface area contributed by atoms with Gasteiger partial charge in [-0.2, -0.15) is 20.1 Å². The van der Waals surface area contributed by atoms with Crippen molar-refractivity contribution < 1.29 is 13.9 Å². The van der Waals surface area contributed by atoms with Gasteiger partial charge in [-0.05, 0) is 39.8 Å². The second kappa shape index (κ2) is 9.80. The number of hydrogen-bond acceptors (Lipinski definition) is 9. The summed E-state index contributed by atoms with van der Waals surface area (Å²) in [5.41, 5.74) is 1.51. The molecule has 1 N–H and O–H groups in total. The van der Waals surface area contributed by atoms with Crippen molar-refractivity contribution in [3.8, 4) is 11.3 Å². The van der Waals surface area contributed by atoms with Gasteiger partial charge in [-0.1, -0.05) is 11.6 Å². The van der Waals surface area contributed by atoms with Gasteiger partial charge in [0.25, 0.3) is 0 Å². The Morgan fingerprint density at radius 2 is 1.90 bits per heavy atom. The van der Waals surface area contributed by atoms with Crippen molar-refractivity contribution >= 4 is 46.4 Å². The normalized spacial score (nSPS) is 14.0. The van der Waals surface area contributed by atoms with Gasteiger partial charge in [0.1, 0.15) is 23.5 Å². The SMILES string of the molecule is CC(C)n1c(N2CCOC2=O)nc2c(F)cc(-c3nc(Nc4cc(C(C)(C)n5nccn5)nn4C)ncc3Cl)cc21. The average molecular weight is 580 g/mol. The van der Waals surface area contributed by atoms with Gasteiger partial charge in [0.15, 0.2) is 5.82 Å². The van der Waals surface area contributed by atoms with Gasteiger partial charge in [-0.25, -0.2) is 29.0 Å². The van der Waals surface area contributed by atoms with Gasteiger partial charge in [0, 0.05) is 24.7 Å². The summed E-state index contributed by atoms with van der Waals surface area (Å²) in [5, 5.41) is 16.5. The lowest BCUT2D eigenvalue weighted by atomic mass is 10.0. The lowest BCUT2D eigenvalue weighted by molar-refractivity contribution is 0.181. The molecule has 0 radical (unpaired) electrons. The molecule has 1 amide bonds. The Morgan fingerprint density at radius 1 is 1.15 bits per heavy atom. The highest BCUT2D eigenvalue weighted by Crippen LogP contribution is 2.35. The second-order valence-corrected chi connectivity index (χ2v) is 10.8. The minimum atomic E-state index is -0.607. The lowest BCUT2D eigenvalue weighted by Gasteiger charge is -2.20. The maximum atomic E-state index is 15.5. The summed E-state index contributed by atoms with van der Waals surface area (Å²) in [4.78, 5) is 28.7. The fourth-order valence-corrected chi connectivity index (χ4v) is 4.99. The highest BCUT2D eigenvalue weighted by atomic mass is 35.5. The van der Waals surface area contributed by atoms with Crippen molar-refractivity contribution in [1.82, 2.24) is 44.3 Å². The van der Waals surface area contributed by atoms with E-state index in [1.165, 1.54) is 17.2 Å². The molecule has 212 valence electrons. The molecular weight excluding hydrogens is 553 g/mol. The number of aryl methyl sites for hydroxylation is 1. The van der Waals surface area contributed by atoms with E-state index in [0.29, 0.717) is 35.1 Å². The molecule has 15 heteroatoms. The molecule has 0 saturated carbocycles. The van der Waals surface area contributed by atoms with E-state index < -0.39 is 17.4 Å². The van der Waals surface area contributed by atoms with Crippen molar-refractivity contribution in [2.75, 3.05) is 23.4 Å². The van der Waals surface area contributed by atoms with Crippen molar-refractivity contribution in [3.63, 3.8) is 0 Å². The summed E-state index contributed by atoms with van der Waals surface area (Å²) in [5.74, 6) is 0.619. The molecule has 1 saturated heterocycles. The third kappa shape index (κ3) is 4.53. The number of nitrogens with zero attached hydrogens (tertiary/aromatic N) is 10. The van der Waals surface area contributed by atoms with E-state index in [1.54, 1.807) is 39.6 Å². The van der Waals surface area contributed by atoms with Crippen molar-refractivity contribution in [1.29, 1.82) is 0 Å². The number of rotatable bonds is 7. The minimum absolute atomic E-state index is 0.128. The van der Waals surface area contributed by atoms with E-state index in [2.05, 4.69) is 35.6 Å². The number of aromatic nitrogens is 9. The Kier molecular flexibility index (Phi) is 6.36. The van der Waals surface area contributed by atoms with E-state index in [4.69, 9.17) is 16.3 Å². The van der Waals surface area contributed by atoms with E-state index in [-0.39, 0.29) is 29.1 Å². The Labute approximate surface area is 238 Å². The molecule has 1 aliphatic rings. The molecule has 5 heterocycles. The quantitative estimate of drug-likeness (QED) is 0.292. The molecule has 5 aromatic rings. The summed E-state index contributed by atoms with van der Waals surface area (Å²) >= 11 is 6.52. The van der Waals surface area contributed by atoms with Crippen LogP contribution in [0, 0.1) is 5.82 Å². The van der Waals surface area contributed by atoms with Crippen molar-refractivity contribution in [3.05, 3.63) is 53.3 Å². The van der Waals surface area contributed by atoms with Crippen LogP contribution in [0.25, 0.3) is 22.3 Å². The molecule has 41 heavy (non-hydrogen) atoms. The fraction of sp³-hybridized carbons (Fsp3) is 0.346. The van der Waals surface area contributed by atoms with Crippen LogP contribution < -0.4 is 10.2 Å². The first-order valence-corrected chi connectivity index (χ1v) is 13.3. The molecule has 0 spiro atoms. The zero-order valence-electron chi connectivity index (χ0n) is 23.0. The third-order valence-corrected chi connectivity index (χ3v) is 7.21. The first-order valence-electron chi connectivity index (χ1n) is 12.9. The molecule has 0 bridgehead atoms. The second-order valence-electron chi connectivity index (χ2n) is 10.4. The Bertz CT molecular complexity index is 1780. The highest BCUT2D eigenvalue weighted by molar-refractivity contribution is 6.33. The Hall–Kier alpha value is -4.59. The number of carbonyl (C=O) groups is 1. The maximum Gasteiger partial charge on any atom is 0.416 e. The molecule has 1 aromatic carbocycles. The van der Waals surface area contributed by atoms with Crippen molar-refractivity contribution in [2.45, 2.75) is 39.3 Å². The van der Waals surface area contributed by atoms with E-state index in [9.17, 15) is 4.79 Å². The molecule has 6 rings (SSSR count). The molecule has 0 unspecified atom stereocenters. The van der Waals surface area contributed by atoms with Crippen LogP contribution in [0.5, 0.6) is 0 Å². The molecule has 1 aliphatic heterocycles. The predicted molar refractivity (Wildman–Crippen MR) is 150 cm³/mol. The number of hydrogen-bond donors (Lipinski definition) is 1. The number of fused-ring (bicyclic) bond motifs is 1. The smallest absolute Gasteiger partial charge is 0.416 e. The molecule has 4 aromatic heterocycles. The fourth-order valence-electron chi connectivity index (χ4n) is 4.79. The summed E-state index contributed by atoms with van der Waals surface area (Å²) in [6.45, 7) is 8.36. The number of benzene rings is 1. The van der Waals surface area contributed by atoms with E-state index >= 15 is 4.39 Å². The number of halogens is 2. The van der Waals surface area contributed by atoms with Crippen LogP contribution in [-0.2, 0) is 17.3 Å². The third-order valence-electron chi connectivity index (χ3n) is 6.93. The molecule has 0 aliphatic carbocycles. The number of ether oxygens (including phenoxy) is 1. The Balaban J connectivity index is 1.38.